The van der Waals surface area contributed by atoms with Crippen molar-refractivity contribution in [3.05, 3.63) is 60.0 Å². The van der Waals surface area contributed by atoms with Crippen LogP contribution < -0.4 is 14.8 Å². The van der Waals surface area contributed by atoms with Gasteiger partial charge in [-0.2, -0.15) is 0 Å². The molecule has 3 aromatic rings. The first kappa shape index (κ1) is 18.2. The van der Waals surface area contributed by atoms with Gasteiger partial charge in [-0.15, -0.1) is 11.8 Å². The number of nitrogens with zero attached hydrogens (tertiary/aromatic N) is 2. The van der Waals surface area contributed by atoms with E-state index in [2.05, 4.69) is 10.3 Å². The topological polar surface area (TPSA) is 85.6 Å². The summed E-state index contributed by atoms with van der Waals surface area (Å²) in [4.78, 5) is 16.6. The molecule has 1 aliphatic rings. The first-order valence-electron chi connectivity index (χ1n) is 8.60. The molecule has 0 spiro atoms. The highest BCUT2D eigenvalue weighted by molar-refractivity contribution is 8.00. The van der Waals surface area contributed by atoms with Crippen LogP contribution in [0.25, 0.3) is 5.69 Å². The minimum Gasteiger partial charge on any atom is -0.504 e. The Hall–Kier alpha value is -3.13. The molecule has 0 bridgehead atoms. The summed E-state index contributed by atoms with van der Waals surface area (Å²) in [5.41, 5.74) is 2.55. The highest BCUT2D eigenvalue weighted by atomic mass is 32.2. The molecule has 0 radical (unpaired) electrons. The first-order chi connectivity index (χ1) is 13.6. The zero-order valence-corrected chi connectivity index (χ0v) is 16.2. The fraction of sp³-hybridized carbons (Fsp3) is 0.200. The lowest BCUT2D eigenvalue weighted by molar-refractivity contribution is -0.113. The monoisotopic (exact) mass is 397 g/mol. The molecule has 0 fully saturated rings. The van der Waals surface area contributed by atoms with E-state index in [9.17, 15) is 9.90 Å². The second kappa shape index (κ2) is 7.47. The van der Waals surface area contributed by atoms with Gasteiger partial charge in [-0.05, 0) is 29.8 Å². The highest BCUT2D eigenvalue weighted by Gasteiger charge is 2.29. The fourth-order valence-corrected chi connectivity index (χ4v) is 4.31. The van der Waals surface area contributed by atoms with Crippen LogP contribution in [0.5, 0.6) is 17.2 Å². The van der Waals surface area contributed by atoms with Crippen LogP contribution in [0.2, 0.25) is 0 Å². The van der Waals surface area contributed by atoms with Crippen LogP contribution in [0.15, 0.2) is 48.8 Å². The number of hydrogen-bond acceptors (Lipinski definition) is 6. The van der Waals surface area contributed by atoms with Crippen molar-refractivity contribution in [2.75, 3.05) is 25.3 Å². The largest absolute Gasteiger partial charge is 0.504 e. The molecule has 0 saturated carbocycles. The maximum Gasteiger partial charge on any atom is 0.235 e. The van der Waals surface area contributed by atoms with Gasteiger partial charge in [0.2, 0.25) is 5.91 Å². The van der Waals surface area contributed by atoms with Crippen molar-refractivity contribution < 1.29 is 19.4 Å². The van der Waals surface area contributed by atoms with E-state index in [0.29, 0.717) is 11.6 Å². The predicted molar refractivity (Wildman–Crippen MR) is 108 cm³/mol. The van der Waals surface area contributed by atoms with Crippen LogP contribution in [0.4, 0.5) is 5.82 Å². The van der Waals surface area contributed by atoms with E-state index in [1.165, 1.54) is 18.9 Å². The third-order valence-electron chi connectivity index (χ3n) is 4.53. The Bertz CT molecular complexity index is 1030. The molecular weight excluding hydrogens is 378 g/mol. The van der Waals surface area contributed by atoms with Gasteiger partial charge in [0.1, 0.15) is 12.1 Å². The number of phenols is 1. The molecule has 1 unspecified atom stereocenters. The lowest BCUT2D eigenvalue weighted by atomic mass is 10.1. The van der Waals surface area contributed by atoms with E-state index in [-0.39, 0.29) is 22.7 Å². The molecular formula is C20H19N3O4S. The summed E-state index contributed by atoms with van der Waals surface area (Å²) in [5.74, 6) is 1.87. The van der Waals surface area contributed by atoms with E-state index in [4.69, 9.17) is 9.47 Å². The molecule has 0 aliphatic carbocycles. The lowest BCUT2D eigenvalue weighted by Gasteiger charge is -2.19. The highest BCUT2D eigenvalue weighted by Crippen LogP contribution is 2.44. The zero-order valence-electron chi connectivity index (χ0n) is 15.4. The van der Waals surface area contributed by atoms with E-state index >= 15 is 0 Å². The zero-order chi connectivity index (χ0) is 19.7. The number of imidazole rings is 1. The number of anilines is 1. The summed E-state index contributed by atoms with van der Waals surface area (Å²) in [7, 11) is 3.13. The number of methoxy groups -OCH3 is 2. The van der Waals surface area contributed by atoms with Gasteiger partial charge in [0.05, 0.1) is 36.6 Å². The Labute approximate surface area is 166 Å². The average Bonchev–Trinajstić information content (AvgIpc) is 3.04. The number of amides is 1. The van der Waals surface area contributed by atoms with Crippen molar-refractivity contribution in [2.45, 2.75) is 5.25 Å². The summed E-state index contributed by atoms with van der Waals surface area (Å²) < 4.78 is 12.4. The number of carbonyl (C=O) groups is 1. The number of nitrogens with one attached hydrogen (secondary N) is 1. The molecule has 7 nitrogen and oxygen atoms in total. The number of carbonyl (C=O) groups excluding carboxylic acids is 1. The number of phenolic OH excluding ortho intramolecular Hbond substituents is 1. The second-order valence-electron chi connectivity index (χ2n) is 6.22. The molecule has 28 heavy (non-hydrogen) atoms. The molecule has 2 N–H and O–H groups in total. The molecule has 144 valence electrons. The van der Waals surface area contributed by atoms with Crippen molar-refractivity contribution in [3.8, 4) is 22.9 Å². The Balaban J connectivity index is 1.86. The van der Waals surface area contributed by atoms with E-state index in [0.717, 1.165) is 22.7 Å². The van der Waals surface area contributed by atoms with Gasteiger partial charge < -0.3 is 19.9 Å². The molecule has 1 aromatic heterocycles. The number of benzene rings is 2. The molecule has 4 rings (SSSR count). The molecule has 1 amide bonds. The van der Waals surface area contributed by atoms with Crippen LogP contribution >= 0.6 is 11.8 Å². The Morgan fingerprint density at radius 2 is 2.07 bits per heavy atom. The fourth-order valence-electron chi connectivity index (χ4n) is 3.20. The van der Waals surface area contributed by atoms with Crippen LogP contribution in [0.3, 0.4) is 0 Å². The summed E-state index contributed by atoms with van der Waals surface area (Å²) in [6.45, 7) is 0. The summed E-state index contributed by atoms with van der Waals surface area (Å²) in [6.07, 6.45) is 1.68. The Morgan fingerprint density at radius 1 is 1.21 bits per heavy atom. The number of aromatic nitrogens is 2. The quantitative estimate of drug-likeness (QED) is 0.702. The number of fused-ring (bicyclic) bond motifs is 1. The van der Waals surface area contributed by atoms with Crippen molar-refractivity contribution in [2.24, 2.45) is 0 Å². The van der Waals surface area contributed by atoms with E-state index in [1.807, 2.05) is 34.9 Å². The maximum absolute atomic E-state index is 12.2. The Morgan fingerprint density at radius 3 is 2.82 bits per heavy atom. The second-order valence-corrected chi connectivity index (χ2v) is 7.31. The van der Waals surface area contributed by atoms with Crippen molar-refractivity contribution in [1.82, 2.24) is 9.55 Å². The Kier molecular flexibility index (Phi) is 4.87. The van der Waals surface area contributed by atoms with Gasteiger partial charge in [-0.25, -0.2) is 4.98 Å². The van der Waals surface area contributed by atoms with Gasteiger partial charge >= 0.3 is 0 Å². The minimum atomic E-state index is -0.209. The standard InChI is InChI=1S/C20H19N3O4S/c1-26-14-5-3-4-13(9-14)23-11-21-20-18(23)19(28-10-17(25)22-20)12-6-7-16(27-2)15(24)8-12/h3-9,11,19,24H,10H2,1-2H3,(H,22,25). The maximum atomic E-state index is 12.2. The van der Waals surface area contributed by atoms with Crippen molar-refractivity contribution in [3.63, 3.8) is 0 Å². The van der Waals surface area contributed by atoms with Crippen molar-refractivity contribution >= 4 is 23.5 Å². The summed E-state index contributed by atoms with van der Waals surface area (Å²) in [6, 6.07) is 12.9. The number of thioether (sulfide) groups is 1. The molecule has 0 saturated heterocycles. The van der Waals surface area contributed by atoms with Crippen LogP contribution in [-0.2, 0) is 4.79 Å². The number of rotatable bonds is 4. The number of ether oxygens (including phenoxy) is 2. The lowest BCUT2D eigenvalue weighted by Crippen LogP contribution is -2.12. The summed E-state index contributed by atoms with van der Waals surface area (Å²) >= 11 is 1.48. The van der Waals surface area contributed by atoms with Gasteiger partial charge in [0.15, 0.2) is 17.3 Å². The van der Waals surface area contributed by atoms with Gasteiger partial charge in [0, 0.05) is 6.07 Å². The number of aromatic hydroxyl groups is 1. The third kappa shape index (κ3) is 3.27. The van der Waals surface area contributed by atoms with Gasteiger partial charge in [-0.3, -0.25) is 9.36 Å². The molecule has 1 atom stereocenters. The van der Waals surface area contributed by atoms with Gasteiger partial charge in [-0.1, -0.05) is 12.1 Å². The molecule has 2 aromatic carbocycles. The normalized spacial score (nSPS) is 16.1. The van der Waals surface area contributed by atoms with Crippen molar-refractivity contribution in [1.29, 1.82) is 0 Å². The molecule has 2 heterocycles. The van der Waals surface area contributed by atoms with Crippen LogP contribution in [0, 0.1) is 0 Å². The van der Waals surface area contributed by atoms with E-state index < -0.39 is 0 Å². The summed E-state index contributed by atoms with van der Waals surface area (Å²) in [5, 5.41) is 12.9. The predicted octanol–water partition coefficient (Wildman–Crippen LogP) is 3.37. The van der Waals surface area contributed by atoms with Gasteiger partial charge in [0.25, 0.3) is 0 Å². The molecule has 1 aliphatic heterocycles. The van der Waals surface area contributed by atoms with Crippen LogP contribution in [0.1, 0.15) is 16.5 Å². The minimum absolute atomic E-state index is 0.0538. The molecule has 8 heteroatoms. The SMILES string of the molecule is COc1cccc(-n2cnc3c2C(c2ccc(OC)c(O)c2)SCC(=O)N3)c1. The van der Waals surface area contributed by atoms with Crippen LogP contribution in [-0.4, -0.2) is 40.5 Å². The first-order valence-corrected chi connectivity index (χ1v) is 9.65. The average molecular weight is 397 g/mol. The number of hydrogen-bond donors (Lipinski definition) is 2. The smallest absolute Gasteiger partial charge is 0.235 e. The van der Waals surface area contributed by atoms with E-state index in [1.54, 1.807) is 25.6 Å². The third-order valence-corrected chi connectivity index (χ3v) is 5.79.